The molecule has 1 nitrogen and oxygen atoms in total. The van der Waals surface area contributed by atoms with Crippen LogP contribution in [0.4, 0.5) is 8.78 Å². The van der Waals surface area contributed by atoms with E-state index in [1.54, 1.807) is 0 Å². The topological polar surface area (TPSA) is 9.23 Å². The van der Waals surface area contributed by atoms with Gasteiger partial charge in [0, 0.05) is 4.47 Å². The van der Waals surface area contributed by atoms with Gasteiger partial charge in [-0.1, -0.05) is 36.7 Å². The van der Waals surface area contributed by atoms with Crippen molar-refractivity contribution in [2.45, 2.75) is 38.9 Å². The molecule has 0 atom stereocenters. The summed E-state index contributed by atoms with van der Waals surface area (Å²) in [7, 11) is -2.15. The van der Waals surface area contributed by atoms with Gasteiger partial charge in [-0.25, -0.2) is 4.39 Å². The summed E-state index contributed by atoms with van der Waals surface area (Å²) < 4.78 is 33.1. The normalized spacial score (nSPS) is 12.7. The standard InChI is InChI=1S/C12H17BrF2OSi/c1-12(2,3)17(4,5)16-10-7-8(13)6-9(14)11(10)15/h6-7H,1-5H3. The number of hydrogen-bond donors (Lipinski definition) is 0. The fraction of sp³-hybridized carbons (Fsp3) is 0.500. The van der Waals surface area contributed by atoms with Gasteiger partial charge in [0.05, 0.1) is 0 Å². The van der Waals surface area contributed by atoms with Crippen LogP contribution in [0, 0.1) is 11.6 Å². The van der Waals surface area contributed by atoms with E-state index < -0.39 is 20.0 Å². The van der Waals surface area contributed by atoms with Gasteiger partial charge in [-0.2, -0.15) is 4.39 Å². The summed E-state index contributed by atoms with van der Waals surface area (Å²) in [5.41, 5.74) is 0. The van der Waals surface area contributed by atoms with E-state index in [9.17, 15) is 8.78 Å². The Labute approximate surface area is 110 Å². The van der Waals surface area contributed by atoms with Crippen LogP contribution in [0.3, 0.4) is 0 Å². The van der Waals surface area contributed by atoms with Gasteiger partial charge in [-0.15, -0.1) is 0 Å². The van der Waals surface area contributed by atoms with Gasteiger partial charge in [0.1, 0.15) is 5.75 Å². The Morgan fingerprint density at radius 1 is 1.18 bits per heavy atom. The molecule has 0 N–H and O–H groups in total. The third-order valence-corrected chi connectivity index (χ3v) is 7.93. The Balaban J connectivity index is 3.12. The average Bonchev–Trinajstić information content (AvgIpc) is 2.11. The molecule has 0 aliphatic carbocycles. The molecule has 0 unspecified atom stereocenters. The number of hydrogen-bond acceptors (Lipinski definition) is 1. The Morgan fingerprint density at radius 2 is 1.71 bits per heavy atom. The third kappa shape index (κ3) is 3.28. The number of benzene rings is 1. The van der Waals surface area contributed by atoms with E-state index >= 15 is 0 Å². The molecular formula is C12H17BrF2OSi. The zero-order valence-electron chi connectivity index (χ0n) is 10.7. The predicted molar refractivity (Wildman–Crippen MR) is 71.9 cm³/mol. The van der Waals surface area contributed by atoms with Gasteiger partial charge in [-0.05, 0) is 30.3 Å². The highest BCUT2D eigenvalue weighted by Gasteiger charge is 2.39. The highest BCUT2D eigenvalue weighted by molar-refractivity contribution is 9.10. The fourth-order valence-electron chi connectivity index (χ4n) is 1.03. The van der Waals surface area contributed by atoms with E-state index in [0.717, 1.165) is 6.07 Å². The molecule has 0 aliphatic heterocycles. The van der Waals surface area contributed by atoms with E-state index in [4.69, 9.17) is 4.43 Å². The van der Waals surface area contributed by atoms with Gasteiger partial charge in [-0.3, -0.25) is 0 Å². The minimum Gasteiger partial charge on any atom is -0.541 e. The largest absolute Gasteiger partial charge is 0.541 e. The van der Waals surface area contributed by atoms with Gasteiger partial charge >= 0.3 is 0 Å². The van der Waals surface area contributed by atoms with Crippen molar-refractivity contribution in [1.82, 2.24) is 0 Å². The highest BCUT2D eigenvalue weighted by Crippen LogP contribution is 2.38. The lowest BCUT2D eigenvalue weighted by molar-refractivity contribution is 0.429. The second kappa shape index (κ2) is 4.69. The van der Waals surface area contributed by atoms with Crippen LogP contribution < -0.4 is 4.43 Å². The smallest absolute Gasteiger partial charge is 0.250 e. The zero-order valence-corrected chi connectivity index (χ0v) is 13.3. The van der Waals surface area contributed by atoms with E-state index in [-0.39, 0.29) is 10.8 Å². The van der Waals surface area contributed by atoms with Crippen LogP contribution in [-0.2, 0) is 0 Å². The van der Waals surface area contributed by atoms with Crippen molar-refractivity contribution < 1.29 is 13.2 Å². The van der Waals surface area contributed by atoms with Crippen molar-refractivity contribution >= 4 is 24.2 Å². The maximum atomic E-state index is 13.6. The molecule has 0 aliphatic rings. The quantitative estimate of drug-likeness (QED) is 0.543. The number of halogens is 3. The van der Waals surface area contributed by atoms with Gasteiger partial charge in [0.2, 0.25) is 0 Å². The summed E-state index contributed by atoms with van der Waals surface area (Å²) >= 11 is 3.13. The first kappa shape index (κ1) is 14.6. The van der Waals surface area contributed by atoms with E-state index in [0.29, 0.717) is 4.47 Å². The van der Waals surface area contributed by atoms with Crippen molar-refractivity contribution in [3.05, 3.63) is 28.2 Å². The van der Waals surface area contributed by atoms with E-state index in [1.807, 2.05) is 33.9 Å². The summed E-state index contributed by atoms with van der Waals surface area (Å²) in [6.45, 7) is 10.1. The molecule has 0 bridgehead atoms. The molecule has 17 heavy (non-hydrogen) atoms. The molecule has 1 aromatic rings. The van der Waals surface area contributed by atoms with Gasteiger partial charge < -0.3 is 4.43 Å². The molecule has 5 heteroatoms. The van der Waals surface area contributed by atoms with Crippen LogP contribution in [-0.4, -0.2) is 8.32 Å². The monoisotopic (exact) mass is 322 g/mol. The molecule has 1 aromatic carbocycles. The SMILES string of the molecule is CC(C)(C)[Si](C)(C)Oc1cc(Br)cc(F)c1F. The third-order valence-electron chi connectivity index (χ3n) is 3.13. The Hall–Kier alpha value is -0.423. The van der Waals surface area contributed by atoms with Gasteiger partial charge in [0.25, 0.3) is 8.32 Å². The molecule has 0 amide bonds. The van der Waals surface area contributed by atoms with E-state index in [2.05, 4.69) is 15.9 Å². The summed E-state index contributed by atoms with van der Waals surface area (Å²) in [5, 5.41) is -0.0573. The minimum atomic E-state index is -2.15. The van der Waals surface area contributed by atoms with Crippen LogP contribution in [0.15, 0.2) is 16.6 Å². The first-order valence-corrected chi connectivity index (χ1v) is 9.08. The molecule has 0 radical (unpaired) electrons. The molecule has 96 valence electrons. The van der Waals surface area contributed by atoms with Crippen molar-refractivity contribution in [3.63, 3.8) is 0 Å². The van der Waals surface area contributed by atoms with Gasteiger partial charge in [0.15, 0.2) is 11.6 Å². The molecule has 0 aromatic heterocycles. The van der Waals surface area contributed by atoms with Crippen molar-refractivity contribution in [2.75, 3.05) is 0 Å². The Kier molecular flexibility index (Phi) is 4.03. The Bertz CT molecular complexity index is 427. The second-order valence-electron chi connectivity index (χ2n) is 5.56. The maximum absolute atomic E-state index is 13.6. The van der Waals surface area contributed by atoms with E-state index in [1.165, 1.54) is 6.07 Å². The summed E-state index contributed by atoms with van der Waals surface area (Å²) in [6, 6.07) is 2.56. The number of rotatable bonds is 2. The molecule has 0 fully saturated rings. The molecule has 0 saturated heterocycles. The van der Waals surface area contributed by atoms with Crippen LogP contribution in [0.2, 0.25) is 18.1 Å². The van der Waals surface area contributed by atoms with Crippen molar-refractivity contribution in [2.24, 2.45) is 0 Å². The summed E-state index contributed by atoms with van der Waals surface area (Å²) in [5.74, 6) is -1.82. The second-order valence-corrected chi connectivity index (χ2v) is 11.2. The van der Waals surface area contributed by atoms with Crippen molar-refractivity contribution in [1.29, 1.82) is 0 Å². The van der Waals surface area contributed by atoms with Crippen LogP contribution in [0.1, 0.15) is 20.8 Å². The first-order valence-electron chi connectivity index (χ1n) is 5.38. The van der Waals surface area contributed by atoms with Crippen molar-refractivity contribution in [3.8, 4) is 5.75 Å². The average molecular weight is 323 g/mol. The fourth-order valence-corrected chi connectivity index (χ4v) is 2.45. The summed E-state index contributed by atoms with van der Waals surface area (Å²) in [4.78, 5) is 0. The molecule has 0 heterocycles. The minimum absolute atomic E-state index is 0.0107. The lowest BCUT2D eigenvalue weighted by Crippen LogP contribution is -2.44. The summed E-state index contributed by atoms with van der Waals surface area (Å²) in [6.07, 6.45) is 0. The van der Waals surface area contributed by atoms with Crippen LogP contribution in [0.5, 0.6) is 5.75 Å². The maximum Gasteiger partial charge on any atom is 0.250 e. The van der Waals surface area contributed by atoms with Crippen LogP contribution >= 0.6 is 15.9 Å². The lowest BCUT2D eigenvalue weighted by Gasteiger charge is -2.36. The Morgan fingerprint density at radius 3 is 2.18 bits per heavy atom. The van der Waals surface area contributed by atoms with Crippen LogP contribution in [0.25, 0.3) is 0 Å². The molecule has 0 spiro atoms. The zero-order chi connectivity index (χ0) is 13.4. The molecule has 0 saturated carbocycles. The predicted octanol–water partition coefficient (Wildman–Crippen LogP) is 5.11. The highest BCUT2D eigenvalue weighted by atomic mass is 79.9. The lowest BCUT2D eigenvalue weighted by atomic mass is 10.2. The molecule has 1 rings (SSSR count). The molecular weight excluding hydrogens is 306 g/mol. The first-order chi connectivity index (χ1) is 7.54.